The second-order valence-corrected chi connectivity index (χ2v) is 4.97. The van der Waals surface area contributed by atoms with Gasteiger partial charge in [0.1, 0.15) is 0 Å². The lowest BCUT2D eigenvalue weighted by Gasteiger charge is -2.34. The Bertz CT molecular complexity index is 208. The normalized spacial score (nSPS) is 31.3. The molecule has 2 fully saturated rings. The Morgan fingerprint density at radius 1 is 1.07 bits per heavy atom. The number of aliphatic hydroxyl groups is 1. The Morgan fingerprint density at radius 2 is 1.60 bits per heavy atom. The van der Waals surface area contributed by atoms with Crippen molar-refractivity contribution in [2.75, 3.05) is 6.61 Å². The average Bonchev–Trinajstić information content (AvgIpc) is 3.06. The lowest BCUT2D eigenvalue weighted by molar-refractivity contribution is -0.121. The standard InChI is InChI=1S/C12H21NO2/c14-8-7-10-1-3-11(4-2-10)13(9-15)12-5-6-12/h9-12,14H,1-8H2. The molecule has 3 heteroatoms. The zero-order valence-corrected chi connectivity index (χ0v) is 9.27. The van der Waals surface area contributed by atoms with Gasteiger partial charge in [-0.3, -0.25) is 4.79 Å². The monoisotopic (exact) mass is 211 g/mol. The maximum atomic E-state index is 11.0. The van der Waals surface area contributed by atoms with Crippen LogP contribution in [0.15, 0.2) is 0 Å². The predicted molar refractivity (Wildman–Crippen MR) is 58.4 cm³/mol. The Labute approximate surface area is 91.5 Å². The van der Waals surface area contributed by atoms with Crippen LogP contribution >= 0.6 is 0 Å². The van der Waals surface area contributed by atoms with E-state index in [4.69, 9.17) is 5.11 Å². The molecule has 0 aromatic carbocycles. The van der Waals surface area contributed by atoms with Crippen molar-refractivity contribution in [2.24, 2.45) is 5.92 Å². The highest BCUT2D eigenvalue weighted by molar-refractivity contribution is 5.49. The van der Waals surface area contributed by atoms with Crippen LogP contribution < -0.4 is 0 Å². The van der Waals surface area contributed by atoms with Crippen LogP contribution in [0.3, 0.4) is 0 Å². The molecule has 0 spiro atoms. The van der Waals surface area contributed by atoms with Crippen LogP contribution in [-0.4, -0.2) is 35.1 Å². The second-order valence-electron chi connectivity index (χ2n) is 4.97. The van der Waals surface area contributed by atoms with Crippen molar-refractivity contribution in [2.45, 2.75) is 57.0 Å². The Morgan fingerprint density at radius 3 is 2.00 bits per heavy atom. The van der Waals surface area contributed by atoms with E-state index in [1.54, 1.807) is 0 Å². The van der Waals surface area contributed by atoms with Gasteiger partial charge in [0.15, 0.2) is 0 Å². The van der Waals surface area contributed by atoms with Gasteiger partial charge >= 0.3 is 0 Å². The first-order chi connectivity index (χ1) is 7.35. The molecule has 1 N–H and O–H groups in total. The topological polar surface area (TPSA) is 40.5 Å². The molecule has 0 aromatic rings. The van der Waals surface area contributed by atoms with Crippen molar-refractivity contribution in [1.29, 1.82) is 0 Å². The van der Waals surface area contributed by atoms with Crippen molar-refractivity contribution in [3.63, 3.8) is 0 Å². The van der Waals surface area contributed by atoms with E-state index in [0.717, 1.165) is 25.7 Å². The zero-order valence-electron chi connectivity index (χ0n) is 9.27. The maximum Gasteiger partial charge on any atom is 0.210 e. The molecule has 2 saturated carbocycles. The van der Waals surface area contributed by atoms with Gasteiger partial charge in [-0.1, -0.05) is 0 Å². The molecule has 0 unspecified atom stereocenters. The van der Waals surface area contributed by atoms with Crippen LogP contribution in [-0.2, 0) is 4.79 Å². The van der Waals surface area contributed by atoms with E-state index >= 15 is 0 Å². The van der Waals surface area contributed by atoms with Gasteiger partial charge in [-0.2, -0.15) is 0 Å². The minimum absolute atomic E-state index is 0.315. The molecule has 15 heavy (non-hydrogen) atoms. The number of carbonyl (C=O) groups is 1. The minimum atomic E-state index is 0.315. The van der Waals surface area contributed by atoms with E-state index in [2.05, 4.69) is 4.90 Å². The molecular weight excluding hydrogens is 190 g/mol. The molecule has 0 aromatic heterocycles. The van der Waals surface area contributed by atoms with Gasteiger partial charge in [0, 0.05) is 18.7 Å². The van der Waals surface area contributed by atoms with Gasteiger partial charge in [-0.15, -0.1) is 0 Å². The van der Waals surface area contributed by atoms with Crippen LogP contribution in [0.4, 0.5) is 0 Å². The Kier molecular flexibility index (Phi) is 3.62. The molecule has 2 aliphatic carbocycles. The fourth-order valence-electron chi connectivity index (χ4n) is 2.76. The molecule has 2 rings (SSSR count). The average molecular weight is 211 g/mol. The highest BCUT2D eigenvalue weighted by Gasteiger charge is 2.34. The summed E-state index contributed by atoms with van der Waals surface area (Å²) in [6.45, 7) is 0.315. The van der Waals surface area contributed by atoms with Crippen molar-refractivity contribution in [3.8, 4) is 0 Å². The van der Waals surface area contributed by atoms with Crippen molar-refractivity contribution >= 4 is 6.41 Å². The summed E-state index contributed by atoms with van der Waals surface area (Å²) in [5.41, 5.74) is 0. The lowest BCUT2D eigenvalue weighted by atomic mass is 9.84. The largest absolute Gasteiger partial charge is 0.396 e. The number of amides is 1. The summed E-state index contributed by atoms with van der Waals surface area (Å²) in [5, 5.41) is 8.87. The summed E-state index contributed by atoms with van der Waals surface area (Å²) in [5.74, 6) is 0.693. The van der Waals surface area contributed by atoms with Gasteiger partial charge in [-0.05, 0) is 50.9 Å². The molecular formula is C12H21NO2. The highest BCUT2D eigenvalue weighted by Crippen LogP contribution is 2.34. The van der Waals surface area contributed by atoms with Gasteiger partial charge in [0.25, 0.3) is 0 Å². The third-order valence-corrected chi connectivity index (χ3v) is 3.87. The van der Waals surface area contributed by atoms with Crippen molar-refractivity contribution in [3.05, 3.63) is 0 Å². The fraction of sp³-hybridized carbons (Fsp3) is 0.917. The Balaban J connectivity index is 1.78. The highest BCUT2D eigenvalue weighted by atomic mass is 16.3. The van der Waals surface area contributed by atoms with E-state index in [1.807, 2.05) is 0 Å². The molecule has 0 heterocycles. The number of carbonyl (C=O) groups excluding carboxylic acids is 1. The van der Waals surface area contributed by atoms with Gasteiger partial charge in [0.2, 0.25) is 6.41 Å². The summed E-state index contributed by atoms with van der Waals surface area (Å²) in [7, 11) is 0. The van der Waals surface area contributed by atoms with E-state index in [9.17, 15) is 4.79 Å². The van der Waals surface area contributed by atoms with Crippen LogP contribution in [0.25, 0.3) is 0 Å². The number of aliphatic hydroxyl groups excluding tert-OH is 1. The van der Waals surface area contributed by atoms with Crippen LogP contribution in [0.2, 0.25) is 0 Å². The molecule has 0 aliphatic heterocycles. The first-order valence-corrected chi connectivity index (χ1v) is 6.18. The predicted octanol–water partition coefficient (Wildman–Crippen LogP) is 1.55. The molecule has 0 atom stereocenters. The van der Waals surface area contributed by atoms with E-state index in [-0.39, 0.29) is 0 Å². The first-order valence-electron chi connectivity index (χ1n) is 6.18. The molecule has 2 aliphatic rings. The van der Waals surface area contributed by atoms with E-state index < -0.39 is 0 Å². The SMILES string of the molecule is O=CN(C1CCC(CCO)CC1)C1CC1. The van der Waals surface area contributed by atoms with Crippen molar-refractivity contribution < 1.29 is 9.90 Å². The van der Waals surface area contributed by atoms with E-state index in [1.165, 1.54) is 25.7 Å². The molecule has 1 amide bonds. The maximum absolute atomic E-state index is 11.0. The molecule has 0 radical (unpaired) electrons. The molecule has 0 saturated heterocycles. The van der Waals surface area contributed by atoms with Gasteiger partial charge in [-0.25, -0.2) is 0 Å². The lowest BCUT2D eigenvalue weighted by Crippen LogP contribution is -2.38. The van der Waals surface area contributed by atoms with Gasteiger partial charge in [0.05, 0.1) is 0 Å². The number of nitrogens with zero attached hydrogens (tertiary/aromatic N) is 1. The molecule has 0 bridgehead atoms. The number of rotatable bonds is 5. The summed E-state index contributed by atoms with van der Waals surface area (Å²) in [6.07, 6.45) is 9.04. The second kappa shape index (κ2) is 4.97. The number of hydrogen-bond acceptors (Lipinski definition) is 2. The van der Waals surface area contributed by atoms with Crippen LogP contribution in [0.1, 0.15) is 44.9 Å². The minimum Gasteiger partial charge on any atom is -0.396 e. The number of hydrogen-bond donors (Lipinski definition) is 1. The smallest absolute Gasteiger partial charge is 0.210 e. The van der Waals surface area contributed by atoms with Crippen molar-refractivity contribution in [1.82, 2.24) is 4.90 Å². The fourth-order valence-corrected chi connectivity index (χ4v) is 2.76. The molecule has 3 nitrogen and oxygen atoms in total. The zero-order chi connectivity index (χ0) is 10.7. The van der Waals surface area contributed by atoms with Crippen LogP contribution in [0, 0.1) is 5.92 Å². The quantitative estimate of drug-likeness (QED) is 0.701. The summed E-state index contributed by atoms with van der Waals surface area (Å²) in [6, 6.07) is 1.05. The third kappa shape index (κ3) is 2.71. The van der Waals surface area contributed by atoms with Crippen LogP contribution in [0.5, 0.6) is 0 Å². The van der Waals surface area contributed by atoms with Gasteiger partial charge < -0.3 is 10.0 Å². The summed E-state index contributed by atoms with van der Waals surface area (Å²) < 4.78 is 0. The summed E-state index contributed by atoms with van der Waals surface area (Å²) >= 11 is 0. The summed E-state index contributed by atoms with van der Waals surface area (Å²) in [4.78, 5) is 13.0. The molecule has 86 valence electrons. The Hall–Kier alpha value is -0.570. The third-order valence-electron chi connectivity index (χ3n) is 3.87. The van der Waals surface area contributed by atoms with E-state index in [0.29, 0.717) is 24.6 Å². The first kappa shape index (κ1) is 10.9.